The monoisotopic (exact) mass is 526 g/mol. The Labute approximate surface area is 182 Å². The minimum Gasteiger partial charge on any atom is -0.508 e. The van der Waals surface area contributed by atoms with Crippen molar-refractivity contribution in [3.63, 3.8) is 0 Å². The zero-order chi connectivity index (χ0) is 19.4. The molecule has 0 amide bonds. The molecule has 10 heteroatoms. The first-order chi connectivity index (χ1) is 12.9. The number of nitrogens with one attached hydrogen (secondary N) is 2. The van der Waals surface area contributed by atoms with Gasteiger partial charge in [-0.2, -0.15) is 13.2 Å². The Morgan fingerprint density at radius 3 is 2.61 bits per heavy atom. The van der Waals surface area contributed by atoms with E-state index in [0.717, 1.165) is 48.0 Å². The third kappa shape index (κ3) is 5.49. The highest BCUT2D eigenvalue weighted by molar-refractivity contribution is 14.0. The number of aromatic nitrogens is 1. The third-order valence-corrected chi connectivity index (χ3v) is 5.38. The number of benzene rings is 1. The van der Waals surface area contributed by atoms with E-state index < -0.39 is 11.9 Å². The lowest BCUT2D eigenvalue weighted by Crippen LogP contribution is -2.36. The van der Waals surface area contributed by atoms with Crippen LogP contribution in [-0.2, 0) is 32.1 Å². The van der Waals surface area contributed by atoms with Crippen LogP contribution in [0.4, 0.5) is 13.2 Å². The summed E-state index contributed by atoms with van der Waals surface area (Å²) in [5, 5.41) is 17.6. The Kier molecular flexibility index (Phi) is 7.93. The molecule has 2 aromatic rings. The molecular weight excluding hydrogens is 504 g/mol. The van der Waals surface area contributed by atoms with E-state index in [1.807, 2.05) is 6.07 Å². The van der Waals surface area contributed by atoms with Crippen LogP contribution in [0.15, 0.2) is 22.5 Å². The average Bonchev–Trinajstić information content (AvgIpc) is 3.12. The maximum Gasteiger partial charge on any atom is 0.434 e. The molecule has 0 saturated heterocycles. The number of aromatic hydroxyl groups is 1. The maximum atomic E-state index is 12.6. The van der Waals surface area contributed by atoms with Gasteiger partial charge in [0.15, 0.2) is 11.7 Å². The molecule has 0 radical (unpaired) electrons. The van der Waals surface area contributed by atoms with Crippen LogP contribution < -0.4 is 10.6 Å². The van der Waals surface area contributed by atoms with Gasteiger partial charge in [0.2, 0.25) is 0 Å². The summed E-state index contributed by atoms with van der Waals surface area (Å²) >= 11 is 0.948. The summed E-state index contributed by atoms with van der Waals surface area (Å²) in [6, 6.07) is 3.69. The number of rotatable bonds is 4. The van der Waals surface area contributed by atoms with Crippen LogP contribution in [0.2, 0.25) is 0 Å². The predicted octanol–water partition coefficient (Wildman–Crippen LogP) is 4.23. The Morgan fingerprint density at radius 1 is 1.21 bits per heavy atom. The van der Waals surface area contributed by atoms with Crippen molar-refractivity contribution >= 4 is 41.3 Å². The highest BCUT2D eigenvalue weighted by Crippen LogP contribution is 2.31. The first kappa shape index (κ1) is 22.7. The van der Waals surface area contributed by atoms with Crippen LogP contribution in [0.3, 0.4) is 0 Å². The van der Waals surface area contributed by atoms with Crippen LogP contribution in [0.1, 0.15) is 40.2 Å². The topological polar surface area (TPSA) is 69.5 Å². The molecule has 0 aliphatic heterocycles. The molecule has 154 valence electrons. The van der Waals surface area contributed by atoms with E-state index in [4.69, 9.17) is 0 Å². The van der Waals surface area contributed by atoms with Crippen molar-refractivity contribution in [3.05, 3.63) is 44.9 Å². The van der Waals surface area contributed by atoms with Crippen molar-refractivity contribution in [3.8, 4) is 5.75 Å². The number of guanidine groups is 1. The van der Waals surface area contributed by atoms with Crippen LogP contribution in [0.25, 0.3) is 0 Å². The quantitative estimate of drug-likeness (QED) is 0.317. The Morgan fingerprint density at radius 2 is 1.93 bits per heavy atom. The number of phenols is 1. The number of aryl methyl sites for hydroxylation is 1. The fourth-order valence-corrected chi connectivity index (χ4v) is 3.90. The Hall–Kier alpha value is -1.56. The zero-order valence-electron chi connectivity index (χ0n) is 15.3. The maximum absolute atomic E-state index is 12.6. The molecule has 1 aromatic heterocycles. The summed E-state index contributed by atoms with van der Waals surface area (Å²) in [6.45, 7) is 0.527. The minimum absolute atomic E-state index is 0. The second-order valence-corrected chi connectivity index (χ2v) is 7.25. The summed E-state index contributed by atoms with van der Waals surface area (Å²) in [6.07, 6.45) is -0.227. The molecule has 0 atom stereocenters. The number of nitrogens with zero attached hydrogens (tertiary/aromatic N) is 2. The van der Waals surface area contributed by atoms with Crippen molar-refractivity contribution < 1.29 is 18.3 Å². The number of hydrogen-bond donors (Lipinski definition) is 3. The number of thiazole rings is 1. The smallest absolute Gasteiger partial charge is 0.434 e. The van der Waals surface area contributed by atoms with Gasteiger partial charge >= 0.3 is 6.18 Å². The van der Waals surface area contributed by atoms with Gasteiger partial charge in [-0.25, -0.2) is 4.98 Å². The first-order valence-corrected chi connectivity index (χ1v) is 9.55. The lowest BCUT2D eigenvalue weighted by molar-refractivity contribution is -0.140. The number of phenolic OH excluding ortho intramolecular Hbond substituents is 1. The number of alkyl halides is 3. The van der Waals surface area contributed by atoms with Gasteiger partial charge in [-0.15, -0.1) is 35.3 Å². The van der Waals surface area contributed by atoms with Gasteiger partial charge in [-0.1, -0.05) is 6.07 Å². The number of halogens is 4. The fraction of sp³-hybridized carbons (Fsp3) is 0.444. The molecule has 1 aliphatic rings. The largest absolute Gasteiger partial charge is 0.508 e. The van der Waals surface area contributed by atoms with Crippen LogP contribution in [-0.4, -0.2) is 23.1 Å². The highest BCUT2D eigenvalue weighted by atomic mass is 127. The van der Waals surface area contributed by atoms with E-state index in [1.165, 1.54) is 11.1 Å². The fourth-order valence-electron chi connectivity index (χ4n) is 3.16. The molecule has 1 heterocycles. The van der Waals surface area contributed by atoms with Crippen molar-refractivity contribution in [1.29, 1.82) is 0 Å². The van der Waals surface area contributed by atoms with E-state index in [2.05, 4.69) is 20.6 Å². The van der Waals surface area contributed by atoms with Gasteiger partial charge < -0.3 is 15.7 Å². The number of fused-ring (bicyclic) bond motifs is 1. The molecule has 0 bridgehead atoms. The molecule has 3 N–H and O–H groups in total. The molecule has 0 fully saturated rings. The van der Waals surface area contributed by atoms with Crippen LogP contribution in [0, 0.1) is 0 Å². The second kappa shape index (κ2) is 9.77. The summed E-state index contributed by atoms with van der Waals surface area (Å²) in [5.41, 5.74) is 2.41. The summed E-state index contributed by atoms with van der Waals surface area (Å²) in [7, 11) is 1.58. The number of aliphatic imine (C=N–C) groups is 1. The normalized spacial score (nSPS) is 14.2. The van der Waals surface area contributed by atoms with E-state index in [9.17, 15) is 18.3 Å². The summed E-state index contributed by atoms with van der Waals surface area (Å²) < 4.78 is 37.8. The van der Waals surface area contributed by atoms with Crippen LogP contribution in [0.5, 0.6) is 5.75 Å². The first-order valence-electron chi connectivity index (χ1n) is 8.67. The van der Waals surface area contributed by atoms with Crippen molar-refractivity contribution in [2.24, 2.45) is 4.99 Å². The Bertz CT molecular complexity index is 839. The van der Waals surface area contributed by atoms with Crippen LogP contribution >= 0.6 is 35.3 Å². The lowest BCUT2D eigenvalue weighted by Gasteiger charge is -2.21. The van der Waals surface area contributed by atoms with E-state index >= 15 is 0 Å². The average molecular weight is 526 g/mol. The summed E-state index contributed by atoms with van der Waals surface area (Å²) in [4.78, 5) is 7.67. The van der Waals surface area contributed by atoms with E-state index in [0.29, 0.717) is 17.5 Å². The molecule has 0 unspecified atom stereocenters. The van der Waals surface area contributed by atoms with Crippen molar-refractivity contribution in [1.82, 2.24) is 15.6 Å². The van der Waals surface area contributed by atoms with E-state index in [-0.39, 0.29) is 36.3 Å². The second-order valence-electron chi connectivity index (χ2n) is 6.31. The molecule has 3 rings (SSSR count). The molecule has 0 saturated carbocycles. The van der Waals surface area contributed by atoms with Gasteiger partial charge in [-0.05, 0) is 42.9 Å². The zero-order valence-corrected chi connectivity index (χ0v) is 18.4. The lowest BCUT2D eigenvalue weighted by atomic mass is 9.88. The van der Waals surface area contributed by atoms with Gasteiger partial charge in [0.25, 0.3) is 0 Å². The minimum atomic E-state index is -4.43. The molecule has 0 spiro atoms. The Balaban J connectivity index is 0.00000280. The van der Waals surface area contributed by atoms with Crippen molar-refractivity contribution in [2.75, 3.05) is 7.05 Å². The van der Waals surface area contributed by atoms with E-state index in [1.54, 1.807) is 13.1 Å². The SMILES string of the molecule is CN=C(NCc1nc(C(F)(F)F)cs1)NCc1c(O)ccc2c1CCCC2.I. The molecule has 1 aliphatic carbocycles. The molecule has 5 nitrogen and oxygen atoms in total. The van der Waals surface area contributed by atoms with Gasteiger partial charge in [0.05, 0.1) is 6.54 Å². The molecule has 1 aromatic carbocycles. The van der Waals surface area contributed by atoms with Gasteiger partial charge in [0.1, 0.15) is 10.8 Å². The van der Waals surface area contributed by atoms with Gasteiger partial charge in [-0.3, -0.25) is 4.99 Å². The van der Waals surface area contributed by atoms with Crippen molar-refractivity contribution in [2.45, 2.75) is 44.9 Å². The summed E-state index contributed by atoms with van der Waals surface area (Å²) in [5.74, 6) is 0.680. The molecule has 28 heavy (non-hydrogen) atoms. The molecular formula is C18H22F3IN4OS. The highest BCUT2D eigenvalue weighted by Gasteiger charge is 2.33. The third-order valence-electron chi connectivity index (χ3n) is 4.53. The predicted molar refractivity (Wildman–Crippen MR) is 114 cm³/mol. The van der Waals surface area contributed by atoms with Gasteiger partial charge in [0, 0.05) is 24.5 Å². The standard InChI is InChI=1S/C18H21F3N4OS.HI/c1-22-17(24-9-16-25-15(10-27-16)18(19,20)21)23-8-13-12-5-3-2-4-11(12)6-7-14(13)26;/h6-7,10,26H,2-5,8-9H2,1H3,(H2,22,23,24);1H. The number of hydrogen-bond acceptors (Lipinski definition) is 4.